The molecule has 0 amide bonds. The molecule has 0 fully saturated rings. The Morgan fingerprint density at radius 1 is 0.696 bits per heavy atom. The van der Waals surface area contributed by atoms with Crippen molar-refractivity contribution in [1.29, 1.82) is 0 Å². The molecule has 0 aliphatic rings. The number of aromatic nitrogens is 2. The quantitative estimate of drug-likeness (QED) is 0.470. The summed E-state index contributed by atoms with van der Waals surface area (Å²) in [5.74, 6) is 0. The Morgan fingerprint density at radius 2 is 1.48 bits per heavy atom. The van der Waals surface area contributed by atoms with E-state index in [0.29, 0.717) is 0 Å². The monoisotopic (exact) mass is 314 g/mol. The van der Waals surface area contributed by atoms with Gasteiger partial charge in [-0.05, 0) is 40.7 Å². The van der Waals surface area contributed by atoms with Gasteiger partial charge in [0.05, 0.1) is 5.69 Å². The van der Waals surface area contributed by atoms with Crippen molar-refractivity contribution in [3.63, 3.8) is 0 Å². The lowest BCUT2D eigenvalue weighted by Gasteiger charge is -2.05. The molecule has 0 saturated heterocycles. The molecule has 1 heterocycles. The Morgan fingerprint density at radius 3 is 2.35 bits per heavy atom. The van der Waals surface area contributed by atoms with Gasteiger partial charge >= 0.3 is 0 Å². The minimum absolute atomic E-state index is 0.765. The predicted molar refractivity (Wildman–Crippen MR) is 95.5 cm³/mol. The number of rotatable bonds is 3. The van der Waals surface area contributed by atoms with Crippen molar-refractivity contribution in [2.45, 2.75) is 10.1 Å². The maximum absolute atomic E-state index is 4.67. The smallest absolute Gasteiger partial charge is 0.192 e. The minimum Gasteiger partial charge on any atom is -0.231 e. The van der Waals surface area contributed by atoms with Gasteiger partial charge in [-0.3, -0.25) is 0 Å². The van der Waals surface area contributed by atoms with Crippen LogP contribution < -0.4 is 0 Å². The highest BCUT2D eigenvalue weighted by Gasteiger charge is 2.05. The Balaban J connectivity index is 1.65. The molecule has 0 aliphatic heterocycles. The van der Waals surface area contributed by atoms with Crippen molar-refractivity contribution in [2.24, 2.45) is 0 Å². The number of hydrogen-bond donors (Lipinski definition) is 0. The highest BCUT2D eigenvalue weighted by Crippen LogP contribution is 2.29. The van der Waals surface area contributed by atoms with E-state index in [-0.39, 0.29) is 0 Å². The van der Waals surface area contributed by atoms with Crippen LogP contribution in [0.25, 0.3) is 22.0 Å². The minimum atomic E-state index is 0.765. The molecule has 0 radical (unpaired) electrons. The molecular formula is C20H14N2S. The molecule has 3 aromatic carbocycles. The highest BCUT2D eigenvalue weighted by atomic mass is 32.2. The number of nitrogens with zero attached hydrogens (tertiary/aromatic N) is 2. The number of fused-ring (bicyclic) bond motifs is 1. The van der Waals surface area contributed by atoms with Gasteiger partial charge in [0.15, 0.2) is 5.16 Å². The summed E-state index contributed by atoms with van der Waals surface area (Å²) in [6, 6.07) is 26.9. The van der Waals surface area contributed by atoms with Crippen molar-refractivity contribution < 1.29 is 0 Å². The summed E-state index contributed by atoms with van der Waals surface area (Å²) in [5.41, 5.74) is 2.05. The maximum atomic E-state index is 4.67. The molecule has 3 heteroatoms. The molecule has 2 nitrogen and oxygen atoms in total. The van der Waals surface area contributed by atoms with Gasteiger partial charge in [0.25, 0.3) is 0 Å². The van der Waals surface area contributed by atoms with Crippen LogP contribution in [0.5, 0.6) is 0 Å². The summed E-state index contributed by atoms with van der Waals surface area (Å²) in [4.78, 5) is 10.2. The third-order valence-corrected chi connectivity index (χ3v) is 4.50. The van der Waals surface area contributed by atoms with Crippen molar-refractivity contribution in [3.8, 4) is 11.3 Å². The second-order valence-corrected chi connectivity index (χ2v) is 6.24. The summed E-state index contributed by atoms with van der Waals surface area (Å²) >= 11 is 1.59. The van der Waals surface area contributed by atoms with E-state index < -0.39 is 0 Å². The van der Waals surface area contributed by atoms with E-state index in [4.69, 9.17) is 0 Å². The number of benzene rings is 3. The Kier molecular flexibility index (Phi) is 3.78. The van der Waals surface area contributed by atoms with Crippen LogP contribution in [0.15, 0.2) is 95.1 Å². The normalized spacial score (nSPS) is 10.8. The molecule has 0 bridgehead atoms. The van der Waals surface area contributed by atoms with Crippen molar-refractivity contribution >= 4 is 22.5 Å². The lowest BCUT2D eigenvalue weighted by atomic mass is 10.1. The molecule has 0 N–H and O–H groups in total. The average molecular weight is 314 g/mol. The van der Waals surface area contributed by atoms with Crippen LogP contribution in [-0.4, -0.2) is 9.97 Å². The fourth-order valence-electron chi connectivity index (χ4n) is 2.50. The molecule has 0 unspecified atom stereocenters. The van der Waals surface area contributed by atoms with Crippen molar-refractivity contribution in [3.05, 3.63) is 85.1 Å². The Labute approximate surface area is 139 Å². The van der Waals surface area contributed by atoms with E-state index in [0.717, 1.165) is 21.3 Å². The van der Waals surface area contributed by atoms with E-state index in [9.17, 15) is 0 Å². The summed E-state index contributed by atoms with van der Waals surface area (Å²) < 4.78 is 0. The second kappa shape index (κ2) is 6.23. The Hall–Kier alpha value is -2.65. The SMILES string of the molecule is c1ccc(-c2ccnc(Sc3ccc4ccccc4c3)n2)cc1. The standard InChI is InChI=1S/C20H14N2S/c1-2-7-16(8-3-1)19-12-13-21-20(22-19)23-18-11-10-15-6-4-5-9-17(15)14-18/h1-14H. The van der Waals surface area contributed by atoms with E-state index in [1.807, 2.05) is 30.5 Å². The molecule has 0 aliphatic carbocycles. The highest BCUT2D eigenvalue weighted by molar-refractivity contribution is 7.99. The van der Waals surface area contributed by atoms with Crippen LogP contribution in [0.2, 0.25) is 0 Å². The largest absolute Gasteiger partial charge is 0.231 e. The van der Waals surface area contributed by atoms with E-state index in [1.54, 1.807) is 11.8 Å². The molecule has 110 valence electrons. The van der Waals surface area contributed by atoms with Crippen LogP contribution in [0.3, 0.4) is 0 Å². The van der Waals surface area contributed by atoms with Crippen LogP contribution in [0, 0.1) is 0 Å². The predicted octanol–water partition coefficient (Wildman–Crippen LogP) is 5.45. The molecule has 0 saturated carbocycles. The third-order valence-electron chi connectivity index (χ3n) is 3.63. The van der Waals surface area contributed by atoms with Crippen LogP contribution in [0.1, 0.15) is 0 Å². The molecule has 4 aromatic rings. The summed E-state index contributed by atoms with van der Waals surface area (Å²) in [6.45, 7) is 0. The fraction of sp³-hybridized carbons (Fsp3) is 0. The Bertz CT molecular complexity index is 952. The summed E-state index contributed by atoms with van der Waals surface area (Å²) in [5, 5.41) is 3.24. The zero-order valence-electron chi connectivity index (χ0n) is 12.4. The van der Waals surface area contributed by atoms with Gasteiger partial charge < -0.3 is 0 Å². The van der Waals surface area contributed by atoms with Gasteiger partial charge in [-0.15, -0.1) is 0 Å². The van der Waals surface area contributed by atoms with E-state index in [2.05, 4.69) is 64.6 Å². The topological polar surface area (TPSA) is 25.8 Å². The molecule has 4 rings (SSSR count). The van der Waals surface area contributed by atoms with Crippen molar-refractivity contribution in [2.75, 3.05) is 0 Å². The van der Waals surface area contributed by atoms with E-state index >= 15 is 0 Å². The molecule has 0 spiro atoms. The average Bonchev–Trinajstić information content (AvgIpc) is 2.63. The first kappa shape index (κ1) is 14.0. The first-order valence-corrected chi connectivity index (χ1v) is 8.25. The maximum Gasteiger partial charge on any atom is 0.192 e. The van der Waals surface area contributed by atoms with Gasteiger partial charge in [0.2, 0.25) is 0 Å². The fourth-order valence-corrected chi connectivity index (χ4v) is 3.29. The van der Waals surface area contributed by atoms with Crippen LogP contribution in [-0.2, 0) is 0 Å². The van der Waals surface area contributed by atoms with Gasteiger partial charge in [0.1, 0.15) is 0 Å². The second-order valence-electron chi connectivity index (χ2n) is 5.20. The lowest BCUT2D eigenvalue weighted by molar-refractivity contribution is 0.973. The molecule has 23 heavy (non-hydrogen) atoms. The van der Waals surface area contributed by atoms with Gasteiger partial charge in [0, 0.05) is 16.7 Å². The van der Waals surface area contributed by atoms with E-state index in [1.165, 1.54) is 10.8 Å². The first-order chi connectivity index (χ1) is 11.4. The van der Waals surface area contributed by atoms with Crippen LogP contribution >= 0.6 is 11.8 Å². The first-order valence-electron chi connectivity index (χ1n) is 7.44. The zero-order valence-corrected chi connectivity index (χ0v) is 13.2. The zero-order chi connectivity index (χ0) is 15.5. The number of hydrogen-bond acceptors (Lipinski definition) is 3. The van der Waals surface area contributed by atoms with Gasteiger partial charge in [-0.25, -0.2) is 9.97 Å². The van der Waals surface area contributed by atoms with Crippen LogP contribution in [0.4, 0.5) is 0 Å². The lowest BCUT2D eigenvalue weighted by Crippen LogP contribution is -1.89. The summed E-state index contributed by atoms with van der Waals surface area (Å²) in [6.07, 6.45) is 1.82. The van der Waals surface area contributed by atoms with Crippen molar-refractivity contribution in [1.82, 2.24) is 9.97 Å². The summed E-state index contributed by atoms with van der Waals surface area (Å²) in [7, 11) is 0. The molecular weight excluding hydrogens is 300 g/mol. The van der Waals surface area contributed by atoms with Gasteiger partial charge in [-0.2, -0.15) is 0 Å². The van der Waals surface area contributed by atoms with Gasteiger partial charge in [-0.1, -0.05) is 60.7 Å². The molecule has 1 aromatic heterocycles. The molecule has 0 atom stereocenters. The third kappa shape index (κ3) is 3.10.